The van der Waals surface area contributed by atoms with Crippen molar-refractivity contribution < 1.29 is 9.90 Å². The maximum atomic E-state index is 10.1. The van der Waals surface area contributed by atoms with Gasteiger partial charge in [0.2, 0.25) is 0 Å². The molecule has 0 heterocycles. The van der Waals surface area contributed by atoms with Crippen LogP contribution in [-0.2, 0) is 4.79 Å². The number of nitrogens with two attached hydrogens (primary N) is 2. The van der Waals surface area contributed by atoms with E-state index in [2.05, 4.69) is 0 Å². The van der Waals surface area contributed by atoms with Gasteiger partial charge in [-0.3, -0.25) is 4.79 Å². The summed E-state index contributed by atoms with van der Waals surface area (Å²) in [6, 6.07) is -0.716. The summed E-state index contributed by atoms with van der Waals surface area (Å²) in [6.45, 7) is 0.604. The van der Waals surface area contributed by atoms with E-state index in [1.54, 1.807) is 0 Å². The van der Waals surface area contributed by atoms with Gasteiger partial charge in [-0.1, -0.05) is 6.42 Å². The first-order chi connectivity index (χ1) is 4.68. The summed E-state index contributed by atoms with van der Waals surface area (Å²) >= 11 is 0. The molecule has 13 heavy (non-hydrogen) atoms. The van der Waals surface area contributed by atoms with E-state index in [0.717, 1.165) is 12.8 Å². The van der Waals surface area contributed by atoms with Gasteiger partial charge in [-0.2, -0.15) is 0 Å². The average molecular weight is 389 g/mol. The van der Waals surface area contributed by atoms with E-state index >= 15 is 0 Å². The van der Waals surface area contributed by atoms with E-state index in [9.17, 15) is 4.79 Å². The lowest BCUT2D eigenvalue weighted by atomic mass is 10.1. The molecule has 0 rings (SSSR count). The highest BCUT2D eigenvalue weighted by molar-refractivity contribution is 8.93. The normalized spacial score (nSPS) is 10.0. The lowest BCUT2D eigenvalue weighted by Crippen LogP contribution is -2.29. The van der Waals surface area contributed by atoms with Crippen LogP contribution in [0.2, 0.25) is 0 Å². The molecule has 0 aromatic rings. The average Bonchev–Trinajstić information content (AvgIpc) is 1.88. The third-order valence-corrected chi connectivity index (χ3v) is 1.29. The highest BCUT2D eigenvalue weighted by atomic mass is 79.9. The van der Waals surface area contributed by atoms with Gasteiger partial charge in [0.1, 0.15) is 6.04 Å². The number of hydrogen-bond donors (Lipinski definition) is 3. The molecule has 0 aliphatic heterocycles. The summed E-state index contributed by atoms with van der Waals surface area (Å²) in [5.41, 5.74) is 10.4. The van der Waals surface area contributed by atoms with Crippen molar-refractivity contribution in [2.75, 3.05) is 6.54 Å². The van der Waals surface area contributed by atoms with Crippen LogP contribution < -0.4 is 11.5 Å². The quantitative estimate of drug-likeness (QED) is 0.618. The molecular weight excluding hydrogens is 372 g/mol. The number of carboxylic acids is 1. The van der Waals surface area contributed by atoms with Crippen LogP contribution in [0.4, 0.5) is 0 Å². The van der Waals surface area contributed by atoms with Crippen molar-refractivity contribution in [3.63, 3.8) is 0 Å². The third-order valence-electron chi connectivity index (χ3n) is 1.29. The van der Waals surface area contributed by atoms with Crippen LogP contribution in [0.25, 0.3) is 0 Å². The summed E-state index contributed by atoms with van der Waals surface area (Å²) in [7, 11) is 0. The number of hydrogen-bond acceptors (Lipinski definition) is 3. The molecule has 0 aromatic carbocycles. The molecule has 0 radical (unpaired) electrons. The van der Waals surface area contributed by atoms with Crippen molar-refractivity contribution in [1.29, 1.82) is 0 Å². The Morgan fingerprint density at radius 3 is 2.00 bits per heavy atom. The Labute approximate surface area is 110 Å². The van der Waals surface area contributed by atoms with Gasteiger partial charge < -0.3 is 16.6 Å². The van der Waals surface area contributed by atoms with Crippen LogP contribution in [-0.4, -0.2) is 23.7 Å². The van der Waals surface area contributed by atoms with Crippen LogP contribution in [0.3, 0.4) is 0 Å². The van der Waals surface area contributed by atoms with Gasteiger partial charge in [0.25, 0.3) is 0 Å². The van der Waals surface area contributed by atoms with E-state index in [1.807, 2.05) is 0 Å². The van der Waals surface area contributed by atoms with Crippen molar-refractivity contribution in [2.24, 2.45) is 11.5 Å². The van der Waals surface area contributed by atoms with Gasteiger partial charge in [-0.15, -0.1) is 50.9 Å². The van der Waals surface area contributed by atoms with Crippen LogP contribution in [0.15, 0.2) is 0 Å². The molecule has 0 aliphatic carbocycles. The zero-order valence-corrected chi connectivity index (χ0v) is 12.3. The minimum absolute atomic E-state index is 0. The number of rotatable bonds is 5. The molecule has 5 N–H and O–H groups in total. The van der Waals surface area contributed by atoms with Crippen molar-refractivity contribution in [3.05, 3.63) is 0 Å². The Balaban J connectivity index is -0.000000135. The maximum absolute atomic E-state index is 10.1. The molecule has 0 bridgehead atoms. The highest BCUT2D eigenvalue weighted by Crippen LogP contribution is 1.96. The Morgan fingerprint density at radius 1 is 1.23 bits per heavy atom. The van der Waals surface area contributed by atoms with E-state index in [-0.39, 0.29) is 50.9 Å². The second-order valence-corrected chi connectivity index (χ2v) is 2.23. The smallest absolute Gasteiger partial charge is 0.320 e. The van der Waals surface area contributed by atoms with Crippen LogP contribution in [0.5, 0.6) is 0 Å². The molecule has 0 aliphatic rings. The first kappa shape index (κ1) is 23.6. The Kier molecular flexibility index (Phi) is 27.7. The van der Waals surface area contributed by atoms with E-state index in [4.69, 9.17) is 16.6 Å². The number of aliphatic carboxylic acids is 1. The standard InChI is InChI=1S/C6H14N2O2.3BrH/c7-4-2-1-3-5(8)6(9)10;;;/h5H,1-4,7-8H2,(H,9,10);3*1H/t5-;;;/m0.../s1. The zero-order valence-electron chi connectivity index (χ0n) is 7.14. The van der Waals surface area contributed by atoms with Crippen LogP contribution in [0, 0.1) is 0 Å². The molecule has 0 amide bonds. The van der Waals surface area contributed by atoms with E-state index < -0.39 is 12.0 Å². The van der Waals surface area contributed by atoms with Crippen molar-refractivity contribution >= 4 is 56.9 Å². The minimum Gasteiger partial charge on any atom is -0.480 e. The molecule has 0 saturated carbocycles. The zero-order chi connectivity index (χ0) is 7.98. The van der Waals surface area contributed by atoms with Gasteiger partial charge in [0, 0.05) is 0 Å². The van der Waals surface area contributed by atoms with Crippen LogP contribution in [0.1, 0.15) is 19.3 Å². The molecular formula is C6H17Br3N2O2. The van der Waals surface area contributed by atoms with Crippen molar-refractivity contribution in [1.82, 2.24) is 0 Å². The summed E-state index contributed by atoms with van der Waals surface area (Å²) in [5.74, 6) is -0.933. The van der Waals surface area contributed by atoms with Gasteiger partial charge in [-0.05, 0) is 19.4 Å². The van der Waals surface area contributed by atoms with Gasteiger partial charge in [0.05, 0.1) is 0 Å². The predicted molar refractivity (Wildman–Crippen MR) is 69.5 cm³/mol. The van der Waals surface area contributed by atoms with Crippen LogP contribution >= 0.6 is 50.9 Å². The van der Waals surface area contributed by atoms with Crippen molar-refractivity contribution in [2.45, 2.75) is 25.3 Å². The Hall–Kier alpha value is 0.830. The predicted octanol–water partition coefficient (Wildman–Crippen LogP) is 1.26. The van der Waals surface area contributed by atoms with Crippen molar-refractivity contribution in [3.8, 4) is 0 Å². The molecule has 4 nitrogen and oxygen atoms in total. The first-order valence-electron chi connectivity index (χ1n) is 3.37. The van der Waals surface area contributed by atoms with Gasteiger partial charge >= 0.3 is 5.97 Å². The van der Waals surface area contributed by atoms with E-state index in [1.165, 1.54) is 0 Å². The lowest BCUT2D eigenvalue weighted by Gasteiger charge is -2.03. The van der Waals surface area contributed by atoms with Gasteiger partial charge in [0.15, 0.2) is 0 Å². The lowest BCUT2D eigenvalue weighted by molar-refractivity contribution is -0.138. The molecule has 0 aromatic heterocycles. The minimum atomic E-state index is -0.933. The molecule has 84 valence electrons. The SMILES string of the molecule is Br.Br.Br.NCCCC[C@H](N)C(=O)O. The molecule has 0 saturated heterocycles. The van der Waals surface area contributed by atoms with Gasteiger partial charge in [-0.25, -0.2) is 0 Å². The monoisotopic (exact) mass is 386 g/mol. The third kappa shape index (κ3) is 15.6. The fourth-order valence-corrected chi connectivity index (χ4v) is 0.632. The second-order valence-electron chi connectivity index (χ2n) is 2.23. The molecule has 0 fully saturated rings. The topological polar surface area (TPSA) is 89.3 Å². The Bertz CT molecular complexity index is 116. The molecule has 1 atom stereocenters. The fraction of sp³-hybridized carbons (Fsp3) is 0.833. The summed E-state index contributed by atoms with van der Waals surface area (Å²) in [6.07, 6.45) is 2.16. The molecule has 0 spiro atoms. The summed E-state index contributed by atoms with van der Waals surface area (Å²) in [5, 5.41) is 8.33. The second kappa shape index (κ2) is 15.3. The maximum Gasteiger partial charge on any atom is 0.320 e. The number of unbranched alkanes of at least 4 members (excludes halogenated alkanes) is 1. The fourth-order valence-electron chi connectivity index (χ4n) is 0.632. The first-order valence-corrected chi connectivity index (χ1v) is 3.37. The summed E-state index contributed by atoms with van der Waals surface area (Å²) < 4.78 is 0. The Morgan fingerprint density at radius 2 is 1.69 bits per heavy atom. The number of carbonyl (C=O) groups is 1. The summed E-state index contributed by atoms with van der Waals surface area (Å²) in [4.78, 5) is 10.1. The number of halogens is 3. The van der Waals surface area contributed by atoms with E-state index in [0.29, 0.717) is 13.0 Å². The number of carboxylic acid groups (broad SMARTS) is 1. The largest absolute Gasteiger partial charge is 0.480 e. The highest BCUT2D eigenvalue weighted by Gasteiger charge is 2.09. The molecule has 7 heteroatoms. The molecule has 0 unspecified atom stereocenters.